The molecule has 0 saturated heterocycles. The lowest BCUT2D eigenvalue weighted by Crippen LogP contribution is -2.38. The summed E-state index contributed by atoms with van der Waals surface area (Å²) in [6, 6.07) is 0. The van der Waals surface area contributed by atoms with Crippen molar-refractivity contribution in [3.8, 4) is 0 Å². The van der Waals surface area contributed by atoms with E-state index in [0.717, 1.165) is 19.5 Å². The zero-order valence-electron chi connectivity index (χ0n) is 10.5. The average molecular weight is 239 g/mol. The van der Waals surface area contributed by atoms with Gasteiger partial charge in [0, 0.05) is 37.3 Å². The fourth-order valence-corrected chi connectivity index (χ4v) is 2.09. The number of rotatable bonds is 5. The van der Waals surface area contributed by atoms with Crippen molar-refractivity contribution >= 4 is 0 Å². The number of H-pyrrole nitrogens is 1. The van der Waals surface area contributed by atoms with Crippen molar-refractivity contribution in [2.75, 3.05) is 19.7 Å². The van der Waals surface area contributed by atoms with Gasteiger partial charge < -0.3 is 9.84 Å². The van der Waals surface area contributed by atoms with Crippen LogP contribution in [0.1, 0.15) is 25.1 Å². The van der Waals surface area contributed by atoms with E-state index in [1.807, 2.05) is 20.0 Å². The minimum atomic E-state index is -0.411. The minimum absolute atomic E-state index is 0.173. The number of aliphatic hydroxyl groups excluding tert-OH is 1. The third-order valence-corrected chi connectivity index (χ3v) is 2.97. The topological polar surface area (TPSA) is 61.4 Å². The van der Waals surface area contributed by atoms with Crippen LogP contribution in [-0.2, 0) is 17.7 Å². The van der Waals surface area contributed by atoms with Crippen molar-refractivity contribution in [3.05, 3.63) is 17.5 Å². The van der Waals surface area contributed by atoms with Crippen LogP contribution >= 0.6 is 0 Å². The second-order valence-electron chi connectivity index (χ2n) is 4.89. The summed E-state index contributed by atoms with van der Waals surface area (Å²) in [5.41, 5.74) is 2.47. The van der Waals surface area contributed by atoms with E-state index in [-0.39, 0.29) is 6.10 Å². The highest BCUT2D eigenvalue weighted by atomic mass is 16.5. The molecule has 1 aromatic rings. The van der Waals surface area contributed by atoms with Crippen LogP contribution < -0.4 is 0 Å². The fourth-order valence-electron chi connectivity index (χ4n) is 2.09. The van der Waals surface area contributed by atoms with Gasteiger partial charge in [0.2, 0.25) is 0 Å². The van der Waals surface area contributed by atoms with Gasteiger partial charge in [-0.1, -0.05) is 0 Å². The van der Waals surface area contributed by atoms with Gasteiger partial charge in [-0.3, -0.25) is 10.00 Å². The first-order chi connectivity index (χ1) is 8.15. The normalized spacial score (nSPS) is 18.4. The summed E-state index contributed by atoms with van der Waals surface area (Å²) in [7, 11) is 0. The van der Waals surface area contributed by atoms with Crippen LogP contribution in [0.5, 0.6) is 0 Å². The van der Waals surface area contributed by atoms with Gasteiger partial charge in [-0.2, -0.15) is 5.10 Å². The van der Waals surface area contributed by atoms with E-state index in [0.29, 0.717) is 13.2 Å². The first-order valence-electron chi connectivity index (χ1n) is 6.18. The first-order valence-corrected chi connectivity index (χ1v) is 6.18. The molecular formula is C12H21N3O2. The maximum absolute atomic E-state index is 9.86. The predicted molar refractivity (Wildman–Crippen MR) is 64.7 cm³/mol. The fraction of sp³-hybridized carbons (Fsp3) is 0.750. The Labute approximate surface area is 102 Å². The molecule has 17 heavy (non-hydrogen) atoms. The van der Waals surface area contributed by atoms with Gasteiger partial charge in [0.05, 0.1) is 25.0 Å². The maximum atomic E-state index is 9.86. The SMILES string of the molecule is CC(C)OCC(O)CN1CCc2[nH]ncc2C1. The molecule has 2 heterocycles. The number of aromatic amines is 1. The number of aliphatic hydroxyl groups is 1. The molecule has 5 nitrogen and oxygen atoms in total. The van der Waals surface area contributed by atoms with Gasteiger partial charge in [0.1, 0.15) is 0 Å². The van der Waals surface area contributed by atoms with Crippen LogP contribution in [0.25, 0.3) is 0 Å². The molecule has 2 rings (SSSR count). The highest BCUT2D eigenvalue weighted by Gasteiger charge is 2.20. The van der Waals surface area contributed by atoms with Crippen LogP contribution in [0.15, 0.2) is 6.20 Å². The highest BCUT2D eigenvalue weighted by Crippen LogP contribution is 2.16. The highest BCUT2D eigenvalue weighted by molar-refractivity contribution is 5.18. The number of nitrogens with one attached hydrogen (secondary N) is 1. The Kier molecular flexibility index (Phi) is 4.15. The molecule has 0 aromatic carbocycles. The molecule has 1 aromatic heterocycles. The lowest BCUT2D eigenvalue weighted by molar-refractivity contribution is -0.0101. The van der Waals surface area contributed by atoms with Crippen LogP contribution in [0.4, 0.5) is 0 Å². The Bertz CT molecular complexity index is 351. The van der Waals surface area contributed by atoms with Crippen molar-refractivity contribution in [1.82, 2.24) is 15.1 Å². The zero-order chi connectivity index (χ0) is 12.3. The Hall–Kier alpha value is -0.910. The van der Waals surface area contributed by atoms with Crippen molar-refractivity contribution in [3.63, 3.8) is 0 Å². The van der Waals surface area contributed by atoms with Gasteiger partial charge in [0.25, 0.3) is 0 Å². The monoisotopic (exact) mass is 239 g/mol. The molecule has 0 aliphatic carbocycles. The van der Waals surface area contributed by atoms with Gasteiger partial charge in [-0.05, 0) is 13.8 Å². The van der Waals surface area contributed by atoms with Crippen LogP contribution in [0.2, 0.25) is 0 Å². The molecule has 1 aliphatic rings. The van der Waals surface area contributed by atoms with E-state index in [1.165, 1.54) is 11.3 Å². The molecule has 0 spiro atoms. The predicted octanol–water partition coefficient (Wildman–Crippen LogP) is 0.554. The molecule has 0 saturated carbocycles. The number of ether oxygens (including phenoxy) is 1. The van der Waals surface area contributed by atoms with Crippen molar-refractivity contribution in [2.24, 2.45) is 0 Å². The minimum Gasteiger partial charge on any atom is -0.389 e. The van der Waals surface area contributed by atoms with E-state index in [2.05, 4.69) is 15.1 Å². The largest absolute Gasteiger partial charge is 0.389 e. The zero-order valence-corrected chi connectivity index (χ0v) is 10.5. The second-order valence-corrected chi connectivity index (χ2v) is 4.89. The van der Waals surface area contributed by atoms with Crippen LogP contribution in [-0.4, -0.2) is 52.1 Å². The molecule has 1 atom stereocenters. The van der Waals surface area contributed by atoms with Crippen LogP contribution in [0.3, 0.4) is 0 Å². The Morgan fingerprint density at radius 3 is 3.18 bits per heavy atom. The lowest BCUT2D eigenvalue weighted by Gasteiger charge is -2.28. The van der Waals surface area contributed by atoms with E-state index >= 15 is 0 Å². The number of aromatic nitrogens is 2. The Morgan fingerprint density at radius 1 is 1.59 bits per heavy atom. The molecule has 0 fully saturated rings. The van der Waals surface area contributed by atoms with E-state index in [4.69, 9.17) is 4.74 Å². The van der Waals surface area contributed by atoms with E-state index in [9.17, 15) is 5.11 Å². The average Bonchev–Trinajstić information content (AvgIpc) is 2.73. The maximum Gasteiger partial charge on any atom is 0.0900 e. The summed E-state index contributed by atoms with van der Waals surface area (Å²) in [4.78, 5) is 2.24. The molecule has 1 unspecified atom stereocenters. The molecule has 96 valence electrons. The molecule has 2 N–H and O–H groups in total. The third kappa shape index (κ3) is 3.52. The summed E-state index contributed by atoms with van der Waals surface area (Å²) < 4.78 is 5.40. The summed E-state index contributed by atoms with van der Waals surface area (Å²) in [6.45, 7) is 6.86. The number of fused-ring (bicyclic) bond motifs is 1. The number of β-amino-alcohol motifs (C(OH)–C–C–N with tert-alkyl or cyclic N) is 1. The summed E-state index contributed by atoms with van der Waals surface area (Å²) in [5.74, 6) is 0. The summed E-state index contributed by atoms with van der Waals surface area (Å²) >= 11 is 0. The van der Waals surface area contributed by atoms with Crippen molar-refractivity contribution in [1.29, 1.82) is 0 Å². The Morgan fingerprint density at radius 2 is 2.41 bits per heavy atom. The molecule has 0 amide bonds. The smallest absolute Gasteiger partial charge is 0.0900 e. The quantitative estimate of drug-likeness (QED) is 0.788. The molecule has 5 heteroatoms. The number of hydrogen-bond donors (Lipinski definition) is 2. The van der Waals surface area contributed by atoms with Crippen LogP contribution in [0, 0.1) is 0 Å². The van der Waals surface area contributed by atoms with Gasteiger partial charge >= 0.3 is 0 Å². The summed E-state index contributed by atoms with van der Waals surface area (Å²) in [5, 5.41) is 16.9. The molecular weight excluding hydrogens is 218 g/mol. The standard InChI is InChI=1S/C12H21N3O2/c1-9(2)17-8-11(16)7-15-4-3-12-10(6-15)5-13-14-12/h5,9,11,16H,3-4,6-8H2,1-2H3,(H,13,14). The summed E-state index contributed by atoms with van der Waals surface area (Å²) in [6.07, 6.45) is 2.61. The number of nitrogens with zero attached hydrogens (tertiary/aromatic N) is 2. The Balaban J connectivity index is 1.77. The van der Waals surface area contributed by atoms with Crippen molar-refractivity contribution in [2.45, 2.75) is 39.0 Å². The van der Waals surface area contributed by atoms with Gasteiger partial charge in [-0.15, -0.1) is 0 Å². The van der Waals surface area contributed by atoms with Gasteiger partial charge in [0.15, 0.2) is 0 Å². The molecule has 0 bridgehead atoms. The lowest BCUT2D eigenvalue weighted by atomic mass is 10.1. The number of hydrogen-bond acceptors (Lipinski definition) is 4. The van der Waals surface area contributed by atoms with E-state index in [1.54, 1.807) is 0 Å². The molecule has 0 radical (unpaired) electrons. The first kappa shape index (κ1) is 12.5. The van der Waals surface area contributed by atoms with Gasteiger partial charge in [-0.25, -0.2) is 0 Å². The molecule has 1 aliphatic heterocycles. The van der Waals surface area contributed by atoms with Crippen molar-refractivity contribution < 1.29 is 9.84 Å². The second kappa shape index (κ2) is 5.62. The van der Waals surface area contributed by atoms with E-state index < -0.39 is 6.10 Å². The third-order valence-electron chi connectivity index (χ3n) is 2.97.